The average molecular weight is 295 g/mol. The predicted octanol–water partition coefficient (Wildman–Crippen LogP) is 4.80. The Labute approximate surface area is 125 Å². The number of Topliss-reactive ketones (excluding diaryl/α,β-unsaturated/α-hetero) is 1. The third kappa shape index (κ3) is 2.14. The standard InChI is InChI=1S/C17H29NOS/c1-12(2)20(13(3)4,14(5)6)18-11-10-15-16(18)8-7-9-17(15)19/h10-14H,7-9H2,1-6H3. The first-order valence-corrected chi connectivity index (χ1v) is 9.65. The van der Waals surface area contributed by atoms with Crippen LogP contribution in [0.5, 0.6) is 0 Å². The van der Waals surface area contributed by atoms with E-state index in [1.54, 1.807) is 0 Å². The quantitative estimate of drug-likeness (QED) is 0.782. The van der Waals surface area contributed by atoms with Gasteiger partial charge in [-0.2, -0.15) is 10.2 Å². The number of carbonyl (C=O) groups is 1. The van der Waals surface area contributed by atoms with Crippen molar-refractivity contribution in [1.29, 1.82) is 0 Å². The monoisotopic (exact) mass is 295 g/mol. The van der Waals surface area contributed by atoms with Crippen LogP contribution in [-0.2, 0) is 6.42 Å². The van der Waals surface area contributed by atoms with Crippen LogP contribution in [0, 0.1) is 0 Å². The number of fused-ring (bicyclic) bond motifs is 1. The van der Waals surface area contributed by atoms with Crippen molar-refractivity contribution in [3.8, 4) is 0 Å². The van der Waals surface area contributed by atoms with Crippen LogP contribution in [0.25, 0.3) is 0 Å². The summed E-state index contributed by atoms with van der Waals surface area (Å²) in [6.07, 6.45) is 5.02. The lowest BCUT2D eigenvalue weighted by molar-refractivity contribution is 0.0972. The number of hydrogen-bond acceptors (Lipinski definition) is 1. The summed E-state index contributed by atoms with van der Waals surface area (Å²) in [4.78, 5) is 12.1. The molecule has 1 aromatic heterocycles. The van der Waals surface area contributed by atoms with E-state index in [0.717, 1.165) is 24.8 Å². The Morgan fingerprint density at radius 1 is 1.00 bits per heavy atom. The van der Waals surface area contributed by atoms with Gasteiger partial charge in [0.25, 0.3) is 0 Å². The molecular formula is C17H29NOS. The predicted molar refractivity (Wildman–Crippen MR) is 90.1 cm³/mol. The van der Waals surface area contributed by atoms with E-state index in [9.17, 15) is 4.79 Å². The number of nitrogens with zero attached hydrogens (tertiary/aromatic N) is 1. The zero-order valence-electron chi connectivity index (χ0n) is 13.8. The van der Waals surface area contributed by atoms with Gasteiger partial charge >= 0.3 is 0 Å². The van der Waals surface area contributed by atoms with Crippen molar-refractivity contribution in [2.75, 3.05) is 0 Å². The van der Waals surface area contributed by atoms with Crippen LogP contribution < -0.4 is 0 Å². The van der Waals surface area contributed by atoms with Crippen LogP contribution in [-0.4, -0.2) is 25.5 Å². The molecule has 1 aromatic rings. The summed E-state index contributed by atoms with van der Waals surface area (Å²) < 4.78 is 2.54. The van der Waals surface area contributed by atoms with Gasteiger partial charge in [-0.1, -0.05) is 41.5 Å². The van der Waals surface area contributed by atoms with E-state index in [2.05, 4.69) is 57.8 Å². The minimum atomic E-state index is -0.982. The third-order valence-corrected chi connectivity index (χ3v) is 10.2. The van der Waals surface area contributed by atoms with Crippen LogP contribution in [0.2, 0.25) is 0 Å². The lowest BCUT2D eigenvalue weighted by atomic mass is 9.97. The minimum Gasteiger partial charge on any atom is -0.313 e. The average Bonchev–Trinajstić information content (AvgIpc) is 2.74. The molecule has 0 atom stereocenters. The fourth-order valence-corrected chi connectivity index (χ4v) is 9.58. The fraction of sp³-hybridized carbons (Fsp3) is 0.706. The zero-order chi connectivity index (χ0) is 15.1. The van der Waals surface area contributed by atoms with E-state index in [1.807, 2.05) is 0 Å². The Bertz CT molecular complexity index is 477. The maximum atomic E-state index is 12.1. The van der Waals surface area contributed by atoms with Gasteiger partial charge in [-0.15, -0.1) is 0 Å². The van der Waals surface area contributed by atoms with Crippen molar-refractivity contribution >= 4 is 16.0 Å². The first-order valence-electron chi connectivity index (χ1n) is 7.87. The van der Waals surface area contributed by atoms with Crippen molar-refractivity contribution in [2.45, 2.75) is 76.6 Å². The summed E-state index contributed by atoms with van der Waals surface area (Å²) in [6, 6.07) is 2.08. The molecule has 2 rings (SSSR count). The normalized spacial score (nSPS) is 17.1. The van der Waals surface area contributed by atoms with E-state index in [-0.39, 0.29) is 0 Å². The molecule has 3 heteroatoms. The molecule has 0 aliphatic heterocycles. The second-order valence-electron chi connectivity index (χ2n) is 6.65. The van der Waals surface area contributed by atoms with Gasteiger partial charge in [0.2, 0.25) is 0 Å². The lowest BCUT2D eigenvalue weighted by Crippen LogP contribution is -2.35. The molecule has 0 N–H and O–H groups in total. The van der Waals surface area contributed by atoms with Crippen LogP contribution in [0.3, 0.4) is 0 Å². The Kier molecular flexibility index (Phi) is 4.38. The second kappa shape index (κ2) is 5.59. The van der Waals surface area contributed by atoms with Crippen LogP contribution in [0.15, 0.2) is 12.3 Å². The van der Waals surface area contributed by atoms with Gasteiger partial charge < -0.3 is 3.97 Å². The summed E-state index contributed by atoms with van der Waals surface area (Å²) >= 11 is 0. The maximum absolute atomic E-state index is 12.1. The summed E-state index contributed by atoms with van der Waals surface area (Å²) in [6.45, 7) is 14.1. The van der Waals surface area contributed by atoms with Gasteiger partial charge in [-0.05, 0) is 18.9 Å². The second-order valence-corrected chi connectivity index (χ2v) is 11.3. The molecule has 0 saturated heterocycles. The smallest absolute Gasteiger partial charge is 0.164 e. The lowest BCUT2D eigenvalue weighted by Gasteiger charge is -2.53. The van der Waals surface area contributed by atoms with Crippen molar-refractivity contribution < 1.29 is 4.79 Å². The number of ketones is 1. The molecule has 0 spiro atoms. The number of aromatic nitrogens is 1. The summed E-state index contributed by atoms with van der Waals surface area (Å²) in [7, 11) is -0.982. The molecule has 0 radical (unpaired) electrons. The highest BCUT2D eigenvalue weighted by Crippen LogP contribution is 2.62. The van der Waals surface area contributed by atoms with Gasteiger partial charge in [0.15, 0.2) is 5.78 Å². The van der Waals surface area contributed by atoms with Crippen molar-refractivity contribution in [3.05, 3.63) is 23.5 Å². The molecule has 0 aromatic carbocycles. The molecule has 0 unspecified atom stereocenters. The summed E-state index contributed by atoms with van der Waals surface area (Å²) in [5.74, 6) is 0.342. The molecule has 0 amide bonds. The fourth-order valence-electron chi connectivity index (χ4n) is 4.11. The van der Waals surface area contributed by atoms with E-state index < -0.39 is 10.2 Å². The van der Waals surface area contributed by atoms with Gasteiger partial charge in [0.05, 0.1) is 0 Å². The van der Waals surface area contributed by atoms with Gasteiger partial charge in [-0.3, -0.25) is 4.79 Å². The first kappa shape index (κ1) is 15.7. The maximum Gasteiger partial charge on any atom is 0.164 e. The molecule has 20 heavy (non-hydrogen) atoms. The Morgan fingerprint density at radius 3 is 2.05 bits per heavy atom. The molecule has 0 fully saturated rings. The van der Waals surface area contributed by atoms with Gasteiger partial charge in [0.1, 0.15) is 0 Å². The third-order valence-electron chi connectivity index (χ3n) is 4.68. The van der Waals surface area contributed by atoms with Gasteiger partial charge in [-0.25, -0.2) is 0 Å². The van der Waals surface area contributed by atoms with E-state index in [4.69, 9.17) is 0 Å². The topological polar surface area (TPSA) is 22.0 Å². The zero-order valence-corrected chi connectivity index (χ0v) is 14.6. The molecule has 2 nitrogen and oxygen atoms in total. The van der Waals surface area contributed by atoms with Crippen LogP contribution >= 0.6 is 10.2 Å². The Balaban J connectivity index is 2.64. The van der Waals surface area contributed by atoms with E-state index in [1.165, 1.54) is 5.69 Å². The van der Waals surface area contributed by atoms with Crippen LogP contribution in [0.1, 0.15) is 70.4 Å². The first-order chi connectivity index (χ1) is 9.33. The van der Waals surface area contributed by atoms with E-state index >= 15 is 0 Å². The summed E-state index contributed by atoms with van der Waals surface area (Å²) in [5, 5.41) is 1.86. The minimum absolute atomic E-state index is 0.342. The van der Waals surface area contributed by atoms with Crippen LogP contribution in [0.4, 0.5) is 0 Å². The van der Waals surface area contributed by atoms with Crippen molar-refractivity contribution in [3.63, 3.8) is 0 Å². The SMILES string of the molecule is CC(C)S(C(C)C)(C(C)C)n1ccc2c1CCCC2=O. The van der Waals surface area contributed by atoms with Crippen molar-refractivity contribution in [2.24, 2.45) is 0 Å². The molecule has 0 bridgehead atoms. The van der Waals surface area contributed by atoms with Gasteiger partial charge in [0, 0.05) is 39.6 Å². The molecule has 1 heterocycles. The number of carbonyl (C=O) groups excluding carboxylic acids is 1. The Morgan fingerprint density at radius 2 is 1.55 bits per heavy atom. The molecule has 0 saturated carbocycles. The molecule has 1 aliphatic carbocycles. The highest BCUT2D eigenvalue weighted by molar-refractivity contribution is 8.33. The van der Waals surface area contributed by atoms with Crippen molar-refractivity contribution in [1.82, 2.24) is 3.97 Å². The highest BCUT2D eigenvalue weighted by atomic mass is 32.3. The highest BCUT2D eigenvalue weighted by Gasteiger charge is 2.38. The molecule has 114 valence electrons. The molecule has 1 aliphatic rings. The number of hydrogen-bond donors (Lipinski definition) is 0. The number of rotatable bonds is 4. The molecular weight excluding hydrogens is 266 g/mol. The summed E-state index contributed by atoms with van der Waals surface area (Å²) in [5.41, 5.74) is 2.31. The Hall–Kier alpha value is -0.700. The van der Waals surface area contributed by atoms with E-state index in [0.29, 0.717) is 21.5 Å². The largest absolute Gasteiger partial charge is 0.313 e.